The van der Waals surface area contributed by atoms with Gasteiger partial charge in [-0.25, -0.2) is 13.2 Å². The third-order valence-corrected chi connectivity index (χ3v) is 6.77. The van der Waals surface area contributed by atoms with E-state index >= 15 is 0 Å². The molecule has 7 heteroatoms. The van der Waals surface area contributed by atoms with Crippen LogP contribution in [-0.2, 0) is 9.59 Å². The van der Waals surface area contributed by atoms with Crippen LogP contribution in [0.4, 0.5) is 18.9 Å². The largest absolute Gasteiger partial charge is 0.322 e. The van der Waals surface area contributed by atoms with Gasteiger partial charge in [0.25, 0.3) is 0 Å². The quantitative estimate of drug-likeness (QED) is 0.748. The fourth-order valence-electron chi connectivity index (χ4n) is 5.98. The fourth-order valence-corrected chi connectivity index (χ4v) is 5.98. The number of anilines is 1. The summed E-state index contributed by atoms with van der Waals surface area (Å²) in [5.74, 6) is -2.75. The number of hydrogen-bond acceptors (Lipinski definition) is 3. The maximum Gasteiger partial charge on any atom is 0.238 e. The van der Waals surface area contributed by atoms with E-state index in [0.29, 0.717) is 17.8 Å². The molecule has 4 aliphatic carbocycles. The normalized spacial score (nSPS) is 30.7. The van der Waals surface area contributed by atoms with Gasteiger partial charge in [0.15, 0.2) is 23.2 Å². The lowest BCUT2D eigenvalue weighted by Gasteiger charge is -2.56. The van der Waals surface area contributed by atoms with Crippen molar-refractivity contribution >= 4 is 17.4 Å². The number of rotatable bonds is 6. The topological polar surface area (TPSA) is 49.4 Å². The minimum Gasteiger partial charge on any atom is -0.322 e. The molecule has 5 rings (SSSR count). The highest BCUT2D eigenvalue weighted by Crippen LogP contribution is 2.60. The van der Waals surface area contributed by atoms with Gasteiger partial charge in [0.05, 0.1) is 18.8 Å². The molecule has 1 amide bonds. The number of nitrogens with zero attached hydrogens (tertiary/aromatic N) is 1. The molecule has 0 aliphatic heterocycles. The summed E-state index contributed by atoms with van der Waals surface area (Å²) in [6.07, 6.45) is 6.67. The first-order valence-electron chi connectivity index (χ1n) is 9.91. The van der Waals surface area contributed by atoms with E-state index in [2.05, 4.69) is 5.32 Å². The van der Waals surface area contributed by atoms with Crippen molar-refractivity contribution in [2.45, 2.75) is 38.5 Å². The van der Waals surface area contributed by atoms with Crippen molar-refractivity contribution in [3.05, 3.63) is 29.6 Å². The summed E-state index contributed by atoms with van der Waals surface area (Å²) in [6, 6.07) is 1.74. The summed E-state index contributed by atoms with van der Waals surface area (Å²) < 4.78 is 40.0. The van der Waals surface area contributed by atoms with E-state index in [1.165, 1.54) is 19.3 Å². The van der Waals surface area contributed by atoms with Gasteiger partial charge in [0.2, 0.25) is 5.91 Å². The molecule has 4 nitrogen and oxygen atoms in total. The predicted molar refractivity (Wildman–Crippen MR) is 98.1 cm³/mol. The predicted octanol–water partition coefficient (Wildman–Crippen LogP) is 3.76. The molecule has 0 saturated heterocycles. The Labute approximate surface area is 162 Å². The molecule has 1 aromatic rings. The monoisotopic (exact) mass is 394 g/mol. The Bertz CT molecular complexity index is 776. The van der Waals surface area contributed by atoms with E-state index in [1.54, 1.807) is 11.9 Å². The number of carbonyl (C=O) groups is 2. The second-order valence-electron chi connectivity index (χ2n) is 9.06. The SMILES string of the molecule is CN(CC(=O)Nc1ccc(F)c(F)c1F)CC(=O)C12CC3CC(CC(C3)C1)C2. The van der Waals surface area contributed by atoms with Gasteiger partial charge < -0.3 is 5.32 Å². The van der Waals surface area contributed by atoms with Gasteiger partial charge in [0.1, 0.15) is 0 Å². The summed E-state index contributed by atoms with van der Waals surface area (Å²) in [4.78, 5) is 26.8. The van der Waals surface area contributed by atoms with E-state index in [0.717, 1.165) is 31.4 Å². The summed E-state index contributed by atoms with van der Waals surface area (Å²) in [7, 11) is 1.67. The molecular formula is C21H25F3N2O2. The molecular weight excluding hydrogens is 369 g/mol. The van der Waals surface area contributed by atoms with Crippen LogP contribution < -0.4 is 5.32 Å². The summed E-state index contributed by atoms with van der Waals surface area (Å²) in [6.45, 7) is 0.0381. The minimum atomic E-state index is -1.62. The van der Waals surface area contributed by atoms with Crippen molar-refractivity contribution in [1.29, 1.82) is 0 Å². The molecule has 4 fully saturated rings. The Hall–Kier alpha value is -1.89. The van der Waals surface area contributed by atoms with Gasteiger partial charge >= 0.3 is 0 Å². The van der Waals surface area contributed by atoms with Crippen LogP contribution in [0.1, 0.15) is 38.5 Å². The summed E-state index contributed by atoms with van der Waals surface area (Å²) >= 11 is 0. The minimum absolute atomic E-state index is 0.128. The van der Waals surface area contributed by atoms with E-state index in [9.17, 15) is 22.8 Å². The lowest BCUT2D eigenvalue weighted by molar-refractivity contribution is -0.144. The number of carbonyl (C=O) groups excluding carboxylic acids is 2. The number of hydrogen-bond donors (Lipinski definition) is 1. The maximum absolute atomic E-state index is 13.7. The number of amides is 1. The van der Waals surface area contributed by atoms with Crippen molar-refractivity contribution in [1.82, 2.24) is 4.90 Å². The smallest absolute Gasteiger partial charge is 0.238 e. The van der Waals surface area contributed by atoms with Crippen molar-refractivity contribution in [2.24, 2.45) is 23.2 Å². The van der Waals surface area contributed by atoms with Gasteiger partial charge in [-0.2, -0.15) is 0 Å². The zero-order chi connectivity index (χ0) is 20.1. The third-order valence-electron chi connectivity index (χ3n) is 6.77. The molecule has 0 unspecified atom stereocenters. The fraction of sp³-hybridized carbons (Fsp3) is 0.619. The Kier molecular flexibility index (Phi) is 4.98. The van der Waals surface area contributed by atoms with Gasteiger partial charge in [-0.15, -0.1) is 0 Å². The van der Waals surface area contributed by atoms with Crippen molar-refractivity contribution in [2.75, 3.05) is 25.5 Å². The molecule has 28 heavy (non-hydrogen) atoms. The molecule has 0 heterocycles. The molecule has 4 saturated carbocycles. The Morgan fingerprint density at radius 1 is 1.00 bits per heavy atom. The molecule has 0 aromatic heterocycles. The van der Waals surface area contributed by atoms with Gasteiger partial charge in [0, 0.05) is 5.41 Å². The van der Waals surface area contributed by atoms with Crippen molar-refractivity contribution in [3.8, 4) is 0 Å². The molecule has 4 aliphatic rings. The number of nitrogens with one attached hydrogen (secondary N) is 1. The van der Waals surface area contributed by atoms with Crippen LogP contribution in [0.2, 0.25) is 0 Å². The number of benzene rings is 1. The molecule has 0 atom stereocenters. The molecule has 152 valence electrons. The van der Waals surface area contributed by atoms with E-state index in [-0.39, 0.29) is 24.3 Å². The Balaban J connectivity index is 1.34. The standard InChI is InChI=1S/C21H25F3N2O2/c1-26(11-18(28)25-16-3-2-15(22)19(23)20(16)24)10-17(27)21-7-12-4-13(8-21)6-14(5-12)9-21/h2-3,12-14H,4-11H2,1H3,(H,25,28). The van der Waals surface area contributed by atoms with Crippen LogP contribution in [0.25, 0.3) is 0 Å². The Morgan fingerprint density at radius 2 is 1.57 bits per heavy atom. The van der Waals surface area contributed by atoms with Crippen LogP contribution in [0.5, 0.6) is 0 Å². The van der Waals surface area contributed by atoms with Gasteiger partial charge in [-0.05, 0) is 75.5 Å². The number of Topliss-reactive ketones (excluding diaryl/α,β-unsaturated/α-hetero) is 1. The van der Waals surface area contributed by atoms with Gasteiger partial charge in [-0.1, -0.05) is 0 Å². The third kappa shape index (κ3) is 3.56. The van der Waals surface area contributed by atoms with Crippen LogP contribution in [0.15, 0.2) is 12.1 Å². The summed E-state index contributed by atoms with van der Waals surface area (Å²) in [5.41, 5.74) is -0.643. The van der Waals surface area contributed by atoms with Crippen molar-refractivity contribution < 1.29 is 22.8 Å². The van der Waals surface area contributed by atoms with Gasteiger partial charge in [-0.3, -0.25) is 14.5 Å². The van der Waals surface area contributed by atoms with Crippen LogP contribution >= 0.6 is 0 Å². The Morgan fingerprint density at radius 3 is 2.14 bits per heavy atom. The molecule has 1 N–H and O–H groups in total. The highest BCUT2D eigenvalue weighted by atomic mass is 19.2. The first kappa shape index (κ1) is 19.4. The maximum atomic E-state index is 13.7. The molecule has 0 radical (unpaired) electrons. The highest BCUT2D eigenvalue weighted by Gasteiger charge is 2.54. The second-order valence-corrected chi connectivity index (χ2v) is 9.06. The zero-order valence-electron chi connectivity index (χ0n) is 15.9. The average molecular weight is 394 g/mol. The lowest BCUT2D eigenvalue weighted by atomic mass is 9.48. The van der Waals surface area contributed by atoms with E-state index in [1.807, 2.05) is 0 Å². The van der Waals surface area contributed by atoms with Crippen LogP contribution in [0, 0.1) is 40.6 Å². The lowest BCUT2D eigenvalue weighted by Crippen LogP contribution is -2.52. The van der Waals surface area contributed by atoms with Crippen LogP contribution in [0.3, 0.4) is 0 Å². The zero-order valence-corrected chi connectivity index (χ0v) is 15.9. The van der Waals surface area contributed by atoms with E-state index in [4.69, 9.17) is 0 Å². The average Bonchev–Trinajstić information content (AvgIpc) is 2.61. The first-order valence-corrected chi connectivity index (χ1v) is 9.91. The molecule has 4 bridgehead atoms. The molecule has 1 aromatic carbocycles. The van der Waals surface area contributed by atoms with Crippen molar-refractivity contribution in [3.63, 3.8) is 0 Å². The second kappa shape index (κ2) is 7.17. The number of likely N-dealkylation sites (N-methyl/N-ethyl adjacent to an activating group) is 1. The summed E-state index contributed by atoms with van der Waals surface area (Å²) in [5, 5.41) is 2.24. The highest BCUT2D eigenvalue weighted by molar-refractivity contribution is 5.93. The molecule has 0 spiro atoms. The van der Waals surface area contributed by atoms with Crippen LogP contribution in [-0.4, -0.2) is 36.7 Å². The number of ketones is 1. The first-order chi connectivity index (χ1) is 13.3. The number of halogens is 3. The van der Waals surface area contributed by atoms with E-state index < -0.39 is 29.0 Å².